The van der Waals surface area contributed by atoms with Gasteiger partial charge < -0.3 is 15.0 Å². The first-order valence-corrected chi connectivity index (χ1v) is 12.7. The van der Waals surface area contributed by atoms with Crippen molar-refractivity contribution >= 4 is 27.3 Å². The topological polar surface area (TPSA) is 79.0 Å². The number of ether oxygens (including phenoxy) is 1. The predicted octanol–water partition coefficient (Wildman–Crippen LogP) is 3.57. The third-order valence-electron chi connectivity index (χ3n) is 6.16. The number of morpholine rings is 1. The van der Waals surface area contributed by atoms with Crippen molar-refractivity contribution in [1.29, 1.82) is 0 Å². The second-order valence-corrected chi connectivity index (χ2v) is 10.5. The Labute approximate surface area is 190 Å². The molecule has 0 atom stereocenters. The van der Waals surface area contributed by atoms with Crippen LogP contribution in [0, 0.1) is 13.8 Å². The second kappa shape index (κ2) is 9.60. The zero-order valence-electron chi connectivity index (χ0n) is 18.8. The molecule has 0 aromatic heterocycles. The number of carbonyl (C=O) groups is 1. The van der Waals surface area contributed by atoms with Gasteiger partial charge in [-0.3, -0.25) is 4.79 Å². The summed E-state index contributed by atoms with van der Waals surface area (Å²) in [6.07, 6.45) is 3.35. The zero-order valence-corrected chi connectivity index (χ0v) is 19.6. The summed E-state index contributed by atoms with van der Waals surface area (Å²) in [5.41, 5.74) is 3.87. The maximum absolute atomic E-state index is 13.2. The highest BCUT2D eigenvalue weighted by molar-refractivity contribution is 7.89. The van der Waals surface area contributed by atoms with Crippen LogP contribution in [0.3, 0.4) is 0 Å². The fourth-order valence-electron chi connectivity index (χ4n) is 4.29. The van der Waals surface area contributed by atoms with Crippen LogP contribution in [0.15, 0.2) is 41.3 Å². The van der Waals surface area contributed by atoms with E-state index in [9.17, 15) is 13.2 Å². The molecule has 32 heavy (non-hydrogen) atoms. The van der Waals surface area contributed by atoms with Crippen LogP contribution in [0.2, 0.25) is 0 Å². The molecule has 0 aliphatic carbocycles. The number of nitrogens with zero attached hydrogens (tertiary/aromatic N) is 2. The third kappa shape index (κ3) is 4.82. The van der Waals surface area contributed by atoms with E-state index in [1.54, 1.807) is 12.1 Å². The highest BCUT2D eigenvalue weighted by atomic mass is 32.2. The largest absolute Gasteiger partial charge is 0.379 e. The van der Waals surface area contributed by atoms with E-state index in [0.29, 0.717) is 37.6 Å². The average molecular weight is 458 g/mol. The monoisotopic (exact) mass is 457 g/mol. The second-order valence-electron chi connectivity index (χ2n) is 8.52. The molecule has 2 aromatic rings. The van der Waals surface area contributed by atoms with Gasteiger partial charge in [0.15, 0.2) is 0 Å². The van der Waals surface area contributed by atoms with Gasteiger partial charge in [0.05, 0.1) is 29.5 Å². The van der Waals surface area contributed by atoms with Crippen molar-refractivity contribution in [2.75, 3.05) is 49.6 Å². The number of carbonyl (C=O) groups excluding carboxylic acids is 1. The lowest BCUT2D eigenvalue weighted by molar-refractivity contribution is 0.0730. The lowest BCUT2D eigenvalue weighted by Crippen LogP contribution is -2.40. The first-order valence-electron chi connectivity index (χ1n) is 11.2. The molecular weight excluding hydrogens is 426 g/mol. The number of nitrogens with one attached hydrogen (secondary N) is 1. The van der Waals surface area contributed by atoms with Crippen LogP contribution >= 0.6 is 0 Å². The number of piperidine rings is 1. The molecule has 2 saturated heterocycles. The average Bonchev–Trinajstić information content (AvgIpc) is 2.81. The predicted molar refractivity (Wildman–Crippen MR) is 126 cm³/mol. The normalized spacial score (nSPS) is 17.9. The molecule has 0 unspecified atom stereocenters. The Morgan fingerprint density at radius 3 is 2.38 bits per heavy atom. The molecule has 1 amide bonds. The number of anilines is 2. The first-order chi connectivity index (χ1) is 15.4. The van der Waals surface area contributed by atoms with Crippen molar-refractivity contribution in [2.24, 2.45) is 0 Å². The van der Waals surface area contributed by atoms with Gasteiger partial charge in [-0.05, 0) is 62.9 Å². The van der Waals surface area contributed by atoms with E-state index >= 15 is 0 Å². The van der Waals surface area contributed by atoms with E-state index in [0.717, 1.165) is 42.7 Å². The highest BCUT2D eigenvalue weighted by Gasteiger charge is 2.28. The minimum atomic E-state index is -3.66. The van der Waals surface area contributed by atoms with Crippen LogP contribution < -0.4 is 10.2 Å². The maximum Gasteiger partial charge on any atom is 0.255 e. The number of aryl methyl sites for hydroxylation is 2. The van der Waals surface area contributed by atoms with Gasteiger partial charge in [-0.25, -0.2) is 8.42 Å². The standard InChI is InChI=1S/C24H31N3O4S/c1-18-6-7-19(2)21(16-18)24(28)25-22-17-20(32(29,30)27-12-14-31-15-13-27)8-9-23(22)26-10-4-3-5-11-26/h6-9,16-17H,3-5,10-15H2,1-2H3,(H,25,28). The summed E-state index contributed by atoms with van der Waals surface area (Å²) in [5.74, 6) is -0.231. The van der Waals surface area contributed by atoms with Gasteiger partial charge in [-0.1, -0.05) is 17.7 Å². The van der Waals surface area contributed by atoms with Gasteiger partial charge in [-0.15, -0.1) is 0 Å². The van der Waals surface area contributed by atoms with E-state index in [1.165, 1.54) is 10.7 Å². The molecule has 2 aromatic carbocycles. The lowest BCUT2D eigenvalue weighted by atomic mass is 10.0. The van der Waals surface area contributed by atoms with Gasteiger partial charge in [0.1, 0.15) is 0 Å². The summed E-state index contributed by atoms with van der Waals surface area (Å²) in [5, 5.41) is 3.02. The SMILES string of the molecule is Cc1ccc(C)c(C(=O)Nc2cc(S(=O)(=O)N3CCOCC3)ccc2N2CCCCC2)c1. The summed E-state index contributed by atoms with van der Waals surface area (Å²) in [4.78, 5) is 15.6. The lowest BCUT2D eigenvalue weighted by Gasteiger charge is -2.31. The summed E-state index contributed by atoms with van der Waals surface area (Å²) in [6.45, 7) is 7.08. The molecule has 0 saturated carbocycles. The van der Waals surface area contributed by atoms with Crippen molar-refractivity contribution in [3.8, 4) is 0 Å². The van der Waals surface area contributed by atoms with Crippen molar-refractivity contribution in [3.05, 3.63) is 53.1 Å². The number of amides is 1. The van der Waals surface area contributed by atoms with Crippen molar-refractivity contribution < 1.29 is 17.9 Å². The first kappa shape index (κ1) is 22.8. The molecule has 8 heteroatoms. The molecule has 2 fully saturated rings. The molecule has 4 rings (SSSR count). The Bertz CT molecular complexity index is 1090. The molecule has 0 radical (unpaired) electrons. The molecular formula is C24H31N3O4S. The summed E-state index contributed by atoms with van der Waals surface area (Å²) < 4.78 is 33.2. The summed E-state index contributed by atoms with van der Waals surface area (Å²) in [7, 11) is -3.66. The van der Waals surface area contributed by atoms with Gasteiger partial charge in [0.2, 0.25) is 10.0 Å². The fourth-order valence-corrected chi connectivity index (χ4v) is 5.73. The van der Waals surface area contributed by atoms with Gasteiger partial charge in [-0.2, -0.15) is 4.31 Å². The van der Waals surface area contributed by atoms with Crippen LogP contribution in [0.4, 0.5) is 11.4 Å². The van der Waals surface area contributed by atoms with Gasteiger partial charge in [0, 0.05) is 31.7 Å². The molecule has 2 heterocycles. The molecule has 7 nitrogen and oxygen atoms in total. The Kier molecular flexibility index (Phi) is 6.83. The van der Waals surface area contributed by atoms with Crippen LogP contribution in [0.1, 0.15) is 40.7 Å². The molecule has 2 aliphatic heterocycles. The highest BCUT2D eigenvalue weighted by Crippen LogP contribution is 2.33. The third-order valence-corrected chi connectivity index (χ3v) is 8.05. The van der Waals surface area contributed by atoms with E-state index in [2.05, 4.69) is 10.2 Å². The summed E-state index contributed by atoms with van der Waals surface area (Å²) in [6, 6.07) is 10.9. The van der Waals surface area contributed by atoms with Crippen molar-refractivity contribution in [3.63, 3.8) is 0 Å². The Hall–Kier alpha value is -2.42. The minimum absolute atomic E-state index is 0.191. The van der Waals surface area contributed by atoms with Crippen LogP contribution in [0.5, 0.6) is 0 Å². The number of rotatable bonds is 5. The Morgan fingerprint density at radius 2 is 1.66 bits per heavy atom. The van der Waals surface area contributed by atoms with Crippen LogP contribution in [-0.4, -0.2) is 58.0 Å². The zero-order chi connectivity index (χ0) is 22.7. The summed E-state index contributed by atoms with van der Waals surface area (Å²) >= 11 is 0. The molecule has 0 bridgehead atoms. The molecule has 0 spiro atoms. The quantitative estimate of drug-likeness (QED) is 0.743. The molecule has 172 valence electrons. The van der Waals surface area contributed by atoms with Gasteiger partial charge >= 0.3 is 0 Å². The number of hydrogen-bond donors (Lipinski definition) is 1. The maximum atomic E-state index is 13.2. The minimum Gasteiger partial charge on any atom is -0.379 e. The molecule has 1 N–H and O–H groups in total. The van der Waals surface area contributed by atoms with E-state index in [4.69, 9.17) is 4.74 Å². The fraction of sp³-hybridized carbons (Fsp3) is 0.458. The Morgan fingerprint density at radius 1 is 0.938 bits per heavy atom. The van der Waals surface area contributed by atoms with Crippen LogP contribution in [-0.2, 0) is 14.8 Å². The molecule has 2 aliphatic rings. The van der Waals surface area contributed by atoms with Crippen LogP contribution in [0.25, 0.3) is 0 Å². The van der Waals surface area contributed by atoms with E-state index < -0.39 is 10.0 Å². The number of sulfonamides is 1. The number of hydrogen-bond acceptors (Lipinski definition) is 5. The van der Waals surface area contributed by atoms with Crippen molar-refractivity contribution in [1.82, 2.24) is 4.31 Å². The number of benzene rings is 2. The van der Waals surface area contributed by atoms with Gasteiger partial charge in [0.25, 0.3) is 5.91 Å². The smallest absolute Gasteiger partial charge is 0.255 e. The van der Waals surface area contributed by atoms with E-state index in [1.807, 2.05) is 38.1 Å². The Balaban J connectivity index is 1.70. The van der Waals surface area contributed by atoms with Crippen molar-refractivity contribution in [2.45, 2.75) is 38.0 Å². The van der Waals surface area contributed by atoms with E-state index in [-0.39, 0.29) is 10.8 Å².